The highest BCUT2D eigenvalue weighted by molar-refractivity contribution is 5.76. The molecule has 0 radical (unpaired) electrons. The zero-order chi connectivity index (χ0) is 22.7. The number of nitrogens with zero attached hydrogens (tertiary/aromatic N) is 6. The molecule has 1 atom stereocenters. The Kier molecular flexibility index (Phi) is 6.48. The molecule has 168 valence electrons. The number of anilines is 1. The zero-order valence-electron chi connectivity index (χ0n) is 18.8. The second-order valence-electron chi connectivity index (χ2n) is 8.35. The number of imidazole rings is 1. The first kappa shape index (κ1) is 21.9. The van der Waals surface area contributed by atoms with Crippen molar-refractivity contribution in [3.05, 3.63) is 60.2 Å². The lowest BCUT2D eigenvalue weighted by Crippen LogP contribution is -2.41. The lowest BCUT2D eigenvalue weighted by Gasteiger charge is -2.33. The van der Waals surface area contributed by atoms with E-state index in [0.717, 1.165) is 30.8 Å². The fourth-order valence-corrected chi connectivity index (χ4v) is 4.27. The number of hydrogen-bond donors (Lipinski definition) is 0. The van der Waals surface area contributed by atoms with Gasteiger partial charge in [0.25, 0.3) is 0 Å². The van der Waals surface area contributed by atoms with E-state index >= 15 is 0 Å². The molecule has 0 aliphatic carbocycles. The summed E-state index contributed by atoms with van der Waals surface area (Å²) in [5, 5.41) is 0. The van der Waals surface area contributed by atoms with Crippen LogP contribution in [-0.4, -0.2) is 57.5 Å². The number of rotatable bonds is 6. The van der Waals surface area contributed by atoms with Gasteiger partial charge in [0.1, 0.15) is 18.2 Å². The van der Waals surface area contributed by atoms with Crippen molar-refractivity contribution in [2.24, 2.45) is 0 Å². The van der Waals surface area contributed by atoms with Crippen molar-refractivity contribution >= 4 is 11.9 Å². The smallest absolute Gasteiger partial charge is 0.242 e. The van der Waals surface area contributed by atoms with Gasteiger partial charge >= 0.3 is 0 Å². The Morgan fingerprint density at radius 3 is 2.78 bits per heavy atom. The molecule has 0 saturated carbocycles. The molecule has 1 amide bonds. The Balaban J connectivity index is 1.63. The maximum absolute atomic E-state index is 14.6. The lowest BCUT2D eigenvalue weighted by molar-refractivity contribution is -0.133. The average molecular weight is 437 g/mol. The number of benzene rings is 1. The summed E-state index contributed by atoms with van der Waals surface area (Å²) in [6.45, 7) is 3.58. The molecule has 1 aliphatic heterocycles. The van der Waals surface area contributed by atoms with Crippen molar-refractivity contribution in [1.29, 1.82) is 0 Å². The SMILES string of the molecule is CCc1nccn1CC(=O)N1CCCC(c2nc(N(C)C)ncc2-c2ccccc2F)C1. The summed E-state index contributed by atoms with van der Waals surface area (Å²) >= 11 is 0. The molecule has 3 heterocycles. The monoisotopic (exact) mass is 436 g/mol. The zero-order valence-corrected chi connectivity index (χ0v) is 18.8. The van der Waals surface area contributed by atoms with E-state index in [1.165, 1.54) is 6.07 Å². The van der Waals surface area contributed by atoms with Gasteiger partial charge in [0.15, 0.2) is 0 Å². The molecule has 0 N–H and O–H groups in total. The number of hydrogen-bond acceptors (Lipinski definition) is 5. The molecule has 0 bridgehead atoms. The third kappa shape index (κ3) is 4.49. The fourth-order valence-electron chi connectivity index (χ4n) is 4.27. The summed E-state index contributed by atoms with van der Waals surface area (Å²) in [6.07, 6.45) is 7.83. The minimum Gasteiger partial charge on any atom is -0.347 e. The van der Waals surface area contributed by atoms with Crippen LogP contribution in [-0.2, 0) is 17.8 Å². The summed E-state index contributed by atoms with van der Waals surface area (Å²) in [6, 6.07) is 6.69. The maximum atomic E-state index is 14.6. The van der Waals surface area contributed by atoms with Gasteiger partial charge in [0.2, 0.25) is 11.9 Å². The van der Waals surface area contributed by atoms with E-state index in [4.69, 9.17) is 4.98 Å². The van der Waals surface area contributed by atoms with Crippen LogP contribution in [0.1, 0.15) is 37.2 Å². The van der Waals surface area contributed by atoms with Crippen LogP contribution in [0.25, 0.3) is 11.1 Å². The van der Waals surface area contributed by atoms with Crippen LogP contribution in [0.3, 0.4) is 0 Å². The number of amides is 1. The van der Waals surface area contributed by atoms with Gasteiger partial charge in [0.05, 0.1) is 5.69 Å². The van der Waals surface area contributed by atoms with Gasteiger partial charge in [-0.1, -0.05) is 25.1 Å². The molecule has 8 heteroatoms. The minimum absolute atomic E-state index is 0.0115. The van der Waals surface area contributed by atoms with Crippen LogP contribution in [0.2, 0.25) is 0 Å². The molecule has 1 aliphatic rings. The highest BCUT2D eigenvalue weighted by Crippen LogP contribution is 2.35. The lowest BCUT2D eigenvalue weighted by atomic mass is 9.89. The van der Waals surface area contributed by atoms with E-state index < -0.39 is 0 Å². The third-order valence-corrected chi connectivity index (χ3v) is 5.95. The molecule has 2 aromatic heterocycles. The number of piperidine rings is 1. The van der Waals surface area contributed by atoms with Crippen molar-refractivity contribution in [3.8, 4) is 11.1 Å². The molecule has 1 fully saturated rings. The number of likely N-dealkylation sites (tertiary alicyclic amines) is 1. The van der Waals surface area contributed by atoms with Crippen molar-refractivity contribution < 1.29 is 9.18 Å². The van der Waals surface area contributed by atoms with E-state index in [9.17, 15) is 9.18 Å². The van der Waals surface area contributed by atoms with Crippen LogP contribution in [0.4, 0.5) is 10.3 Å². The Bertz CT molecular complexity index is 1100. The van der Waals surface area contributed by atoms with Crippen LogP contribution in [0.5, 0.6) is 0 Å². The van der Waals surface area contributed by atoms with Crippen LogP contribution in [0.15, 0.2) is 42.9 Å². The molecular weight excluding hydrogens is 407 g/mol. The number of carbonyl (C=O) groups is 1. The number of aryl methyl sites for hydroxylation is 1. The average Bonchev–Trinajstić information content (AvgIpc) is 3.26. The van der Waals surface area contributed by atoms with E-state index in [1.807, 2.05) is 47.6 Å². The largest absolute Gasteiger partial charge is 0.347 e. The summed E-state index contributed by atoms with van der Waals surface area (Å²) in [5.74, 6) is 1.26. The van der Waals surface area contributed by atoms with Gasteiger partial charge in [-0.25, -0.2) is 19.3 Å². The van der Waals surface area contributed by atoms with Gasteiger partial charge in [-0.2, -0.15) is 0 Å². The van der Waals surface area contributed by atoms with Crippen molar-refractivity contribution in [2.75, 3.05) is 32.1 Å². The number of carbonyl (C=O) groups excluding carboxylic acids is 1. The second kappa shape index (κ2) is 9.46. The molecule has 1 unspecified atom stereocenters. The highest BCUT2D eigenvalue weighted by atomic mass is 19.1. The molecule has 32 heavy (non-hydrogen) atoms. The van der Waals surface area contributed by atoms with Gasteiger partial charge in [-0.05, 0) is 18.9 Å². The molecular formula is C24H29FN6O. The van der Waals surface area contributed by atoms with E-state index in [2.05, 4.69) is 9.97 Å². The van der Waals surface area contributed by atoms with Gasteiger partial charge in [-0.15, -0.1) is 0 Å². The van der Waals surface area contributed by atoms with Gasteiger partial charge < -0.3 is 14.4 Å². The van der Waals surface area contributed by atoms with Crippen molar-refractivity contribution in [1.82, 2.24) is 24.4 Å². The Morgan fingerprint density at radius 2 is 2.03 bits per heavy atom. The fraction of sp³-hybridized carbons (Fsp3) is 0.417. The molecule has 3 aromatic rings. The normalized spacial score (nSPS) is 16.2. The maximum Gasteiger partial charge on any atom is 0.242 e. The minimum atomic E-state index is -0.300. The Hall–Kier alpha value is -3.29. The summed E-state index contributed by atoms with van der Waals surface area (Å²) in [7, 11) is 3.77. The summed E-state index contributed by atoms with van der Waals surface area (Å²) in [5.41, 5.74) is 1.97. The first-order valence-corrected chi connectivity index (χ1v) is 11.0. The third-order valence-electron chi connectivity index (χ3n) is 5.95. The number of halogens is 1. The predicted molar refractivity (Wildman–Crippen MR) is 122 cm³/mol. The van der Waals surface area contributed by atoms with Crippen LogP contribution >= 0.6 is 0 Å². The Morgan fingerprint density at radius 1 is 1.22 bits per heavy atom. The van der Waals surface area contributed by atoms with Crippen LogP contribution < -0.4 is 4.90 Å². The summed E-state index contributed by atoms with van der Waals surface area (Å²) < 4.78 is 16.5. The molecule has 4 rings (SSSR count). The van der Waals surface area contributed by atoms with E-state index in [0.29, 0.717) is 30.2 Å². The highest BCUT2D eigenvalue weighted by Gasteiger charge is 2.29. The van der Waals surface area contributed by atoms with Crippen molar-refractivity contribution in [2.45, 2.75) is 38.6 Å². The molecule has 7 nitrogen and oxygen atoms in total. The first-order valence-electron chi connectivity index (χ1n) is 11.0. The van der Waals surface area contributed by atoms with Crippen LogP contribution in [0, 0.1) is 5.82 Å². The molecule has 1 saturated heterocycles. The predicted octanol–water partition coefficient (Wildman–Crippen LogP) is 3.51. The topological polar surface area (TPSA) is 67.2 Å². The van der Waals surface area contributed by atoms with E-state index in [1.54, 1.807) is 24.5 Å². The Labute approximate surface area is 187 Å². The standard InChI is InChI=1S/C24H29FN6O/c1-4-21-26-11-13-30(21)16-22(32)31-12-7-8-17(15-31)23-19(14-27-24(28-23)29(2)3)18-9-5-6-10-20(18)25/h5-6,9-11,13-14,17H,4,7-8,12,15-16H2,1-3H3. The van der Waals surface area contributed by atoms with Gasteiger partial charge in [0, 0.05) is 69.2 Å². The second-order valence-corrected chi connectivity index (χ2v) is 8.35. The quantitative estimate of drug-likeness (QED) is 0.592. The van der Waals surface area contributed by atoms with Crippen molar-refractivity contribution in [3.63, 3.8) is 0 Å². The van der Waals surface area contributed by atoms with E-state index in [-0.39, 0.29) is 24.2 Å². The summed E-state index contributed by atoms with van der Waals surface area (Å²) in [4.78, 5) is 30.4. The first-order chi connectivity index (χ1) is 15.5. The van der Waals surface area contributed by atoms with Gasteiger partial charge in [-0.3, -0.25) is 4.79 Å². The molecule has 1 aromatic carbocycles. The molecule has 0 spiro atoms. The number of aromatic nitrogens is 4.